The van der Waals surface area contributed by atoms with Crippen molar-refractivity contribution in [3.8, 4) is 5.75 Å². The van der Waals surface area contributed by atoms with Crippen LogP contribution in [-0.4, -0.2) is 18.0 Å². The highest BCUT2D eigenvalue weighted by atomic mass is 32.3. The molecule has 0 aliphatic carbocycles. The van der Waals surface area contributed by atoms with Crippen molar-refractivity contribution in [3.05, 3.63) is 59.2 Å². The minimum Gasteiger partial charge on any atom is -0.360 e. The van der Waals surface area contributed by atoms with Crippen molar-refractivity contribution in [2.24, 2.45) is 0 Å². The first-order valence-electron chi connectivity index (χ1n) is 6.85. The van der Waals surface area contributed by atoms with Gasteiger partial charge in [-0.05, 0) is 35.2 Å². The lowest BCUT2D eigenvalue weighted by Gasteiger charge is -2.11. The Labute approximate surface area is 134 Å². The Morgan fingerprint density at radius 3 is 2.35 bits per heavy atom. The Balaban J connectivity index is 2.32. The highest BCUT2D eigenvalue weighted by Gasteiger charge is 2.15. The highest BCUT2D eigenvalue weighted by Crippen LogP contribution is 2.27. The van der Waals surface area contributed by atoms with Crippen LogP contribution in [0.1, 0.15) is 36.6 Å². The quantitative estimate of drug-likeness (QED) is 0.842. The highest BCUT2D eigenvalue weighted by molar-refractivity contribution is 7.81. The molecule has 0 atom stereocenters. The molecule has 122 valence electrons. The number of hydrogen-bond donors (Lipinski definition) is 1. The number of nitrogens with zero attached hydrogens (tertiary/aromatic N) is 1. The van der Waals surface area contributed by atoms with Gasteiger partial charge in [-0.1, -0.05) is 38.1 Å². The molecule has 0 spiro atoms. The smallest absolute Gasteiger partial charge is 0.360 e. The van der Waals surface area contributed by atoms with E-state index in [0.29, 0.717) is 11.3 Å². The molecule has 5 nitrogen and oxygen atoms in total. The molecule has 0 saturated carbocycles. The fourth-order valence-electron chi connectivity index (χ4n) is 1.94. The van der Waals surface area contributed by atoms with E-state index in [-0.39, 0.29) is 17.5 Å². The van der Waals surface area contributed by atoms with Gasteiger partial charge in [0.25, 0.3) is 0 Å². The lowest BCUT2D eigenvalue weighted by molar-refractivity contribution is 0.383. The average molecular weight is 337 g/mol. The standard InChI is InChI=1S/C16H16FNO4S/c1-11(2)16-15(22-23(19,20)21)9-13(10-18-16)4-3-12-5-7-14(17)8-6-12/h3-11H,1-2H3,(H,19,20,21)/b4-3+. The Kier molecular flexibility index (Phi) is 5.12. The fraction of sp³-hybridized carbons (Fsp3) is 0.188. The zero-order valence-electron chi connectivity index (χ0n) is 12.6. The molecule has 0 aliphatic heterocycles. The number of benzene rings is 1. The molecule has 0 aliphatic rings. The molecule has 0 amide bonds. The van der Waals surface area contributed by atoms with E-state index in [1.807, 2.05) is 13.8 Å². The Morgan fingerprint density at radius 2 is 1.78 bits per heavy atom. The van der Waals surface area contributed by atoms with Gasteiger partial charge in [0.1, 0.15) is 5.82 Å². The molecule has 2 rings (SSSR count). The fourth-order valence-corrected chi connectivity index (χ4v) is 2.30. The van der Waals surface area contributed by atoms with E-state index >= 15 is 0 Å². The van der Waals surface area contributed by atoms with Crippen molar-refractivity contribution in [3.63, 3.8) is 0 Å². The summed E-state index contributed by atoms with van der Waals surface area (Å²) >= 11 is 0. The molecule has 1 N–H and O–H groups in total. The van der Waals surface area contributed by atoms with Crippen LogP contribution in [0.4, 0.5) is 4.39 Å². The van der Waals surface area contributed by atoms with Crippen molar-refractivity contribution in [1.82, 2.24) is 4.98 Å². The number of hydrogen-bond acceptors (Lipinski definition) is 4. The maximum atomic E-state index is 12.8. The Morgan fingerprint density at radius 1 is 1.17 bits per heavy atom. The monoisotopic (exact) mass is 337 g/mol. The van der Waals surface area contributed by atoms with E-state index in [2.05, 4.69) is 9.17 Å². The largest absolute Gasteiger partial charge is 0.446 e. The second-order valence-corrected chi connectivity index (χ2v) is 6.22. The number of pyridine rings is 1. The molecule has 1 aromatic heterocycles. The van der Waals surface area contributed by atoms with Gasteiger partial charge in [-0.2, -0.15) is 8.42 Å². The molecule has 0 fully saturated rings. The molecule has 0 bridgehead atoms. The molecule has 7 heteroatoms. The van der Waals surface area contributed by atoms with Gasteiger partial charge in [0.15, 0.2) is 5.75 Å². The SMILES string of the molecule is CC(C)c1ncc(/C=C/c2ccc(F)cc2)cc1OS(=O)(=O)O. The van der Waals surface area contributed by atoms with Crippen LogP contribution in [0.3, 0.4) is 0 Å². The Hall–Kier alpha value is -2.25. The van der Waals surface area contributed by atoms with Crippen LogP contribution in [0.5, 0.6) is 5.75 Å². The van der Waals surface area contributed by atoms with Crippen molar-refractivity contribution < 1.29 is 21.5 Å². The third kappa shape index (κ3) is 5.15. The first kappa shape index (κ1) is 17.1. The summed E-state index contributed by atoms with van der Waals surface area (Å²) in [4.78, 5) is 4.18. The van der Waals surface area contributed by atoms with Gasteiger partial charge in [0.05, 0.1) is 5.69 Å². The predicted octanol–water partition coefficient (Wildman–Crippen LogP) is 3.70. The van der Waals surface area contributed by atoms with E-state index in [4.69, 9.17) is 4.55 Å². The normalized spacial score (nSPS) is 12.0. The van der Waals surface area contributed by atoms with Crippen LogP contribution >= 0.6 is 0 Å². The van der Waals surface area contributed by atoms with Crippen molar-refractivity contribution in [2.75, 3.05) is 0 Å². The van der Waals surface area contributed by atoms with E-state index in [9.17, 15) is 12.8 Å². The summed E-state index contributed by atoms with van der Waals surface area (Å²) in [5.74, 6) is -0.431. The Bertz CT molecular complexity index is 814. The first-order chi connectivity index (χ1) is 10.7. The second kappa shape index (κ2) is 6.89. The lowest BCUT2D eigenvalue weighted by Crippen LogP contribution is -2.10. The van der Waals surface area contributed by atoms with Gasteiger partial charge in [0, 0.05) is 6.20 Å². The summed E-state index contributed by atoms with van der Waals surface area (Å²) in [6.45, 7) is 3.65. The second-order valence-electron chi connectivity index (χ2n) is 5.20. The topological polar surface area (TPSA) is 76.5 Å². The number of aromatic nitrogens is 1. The van der Waals surface area contributed by atoms with Crippen LogP contribution in [0, 0.1) is 5.82 Å². The molecular formula is C16H16FNO4S. The van der Waals surface area contributed by atoms with Crippen LogP contribution in [0.25, 0.3) is 12.2 Å². The lowest BCUT2D eigenvalue weighted by atomic mass is 10.1. The van der Waals surface area contributed by atoms with Crippen LogP contribution in [-0.2, 0) is 10.4 Å². The van der Waals surface area contributed by atoms with E-state index in [0.717, 1.165) is 5.56 Å². The molecule has 0 unspecified atom stereocenters. The summed E-state index contributed by atoms with van der Waals surface area (Å²) < 4.78 is 48.2. The summed E-state index contributed by atoms with van der Waals surface area (Å²) in [7, 11) is -4.63. The molecule has 1 aromatic carbocycles. The maximum absolute atomic E-state index is 12.8. The van der Waals surface area contributed by atoms with Crippen LogP contribution in [0.2, 0.25) is 0 Å². The van der Waals surface area contributed by atoms with Gasteiger partial charge in [-0.15, -0.1) is 0 Å². The van der Waals surface area contributed by atoms with E-state index < -0.39 is 10.4 Å². The van der Waals surface area contributed by atoms with Crippen molar-refractivity contribution in [2.45, 2.75) is 19.8 Å². The van der Waals surface area contributed by atoms with Crippen molar-refractivity contribution in [1.29, 1.82) is 0 Å². The molecule has 0 saturated heterocycles. The third-order valence-electron chi connectivity index (χ3n) is 2.98. The minimum atomic E-state index is -4.63. The van der Waals surface area contributed by atoms with E-state index in [1.54, 1.807) is 30.5 Å². The summed E-state index contributed by atoms with van der Waals surface area (Å²) in [6.07, 6.45) is 4.97. The number of rotatable bonds is 5. The van der Waals surface area contributed by atoms with Crippen molar-refractivity contribution >= 4 is 22.6 Å². The summed E-state index contributed by atoms with van der Waals surface area (Å²) in [5.41, 5.74) is 1.77. The van der Waals surface area contributed by atoms with Gasteiger partial charge in [-0.25, -0.2) is 4.39 Å². The predicted molar refractivity (Wildman–Crippen MR) is 85.8 cm³/mol. The maximum Gasteiger partial charge on any atom is 0.446 e. The minimum absolute atomic E-state index is 0.0243. The molecular weight excluding hydrogens is 321 g/mol. The van der Waals surface area contributed by atoms with Gasteiger partial charge in [-0.3, -0.25) is 9.54 Å². The summed E-state index contributed by atoms with van der Waals surface area (Å²) in [5, 5.41) is 0. The number of halogens is 1. The molecule has 23 heavy (non-hydrogen) atoms. The van der Waals surface area contributed by atoms with E-state index in [1.165, 1.54) is 18.2 Å². The first-order valence-corrected chi connectivity index (χ1v) is 8.21. The van der Waals surface area contributed by atoms with Gasteiger partial charge >= 0.3 is 10.4 Å². The molecule has 1 heterocycles. The zero-order chi connectivity index (χ0) is 17.0. The van der Waals surface area contributed by atoms with Crippen LogP contribution in [0.15, 0.2) is 36.5 Å². The van der Waals surface area contributed by atoms with Gasteiger partial charge in [0.2, 0.25) is 0 Å². The average Bonchev–Trinajstić information content (AvgIpc) is 2.45. The molecule has 2 aromatic rings. The van der Waals surface area contributed by atoms with Crippen LogP contribution < -0.4 is 4.18 Å². The van der Waals surface area contributed by atoms with Gasteiger partial charge < -0.3 is 4.18 Å². The molecule has 0 radical (unpaired) electrons. The third-order valence-corrected chi connectivity index (χ3v) is 3.37. The zero-order valence-corrected chi connectivity index (χ0v) is 13.4. The summed E-state index contributed by atoms with van der Waals surface area (Å²) in [6, 6.07) is 7.37.